The van der Waals surface area contributed by atoms with E-state index >= 15 is 0 Å². The quantitative estimate of drug-likeness (QED) is 0.832. The van der Waals surface area contributed by atoms with Gasteiger partial charge in [-0.25, -0.2) is 0 Å². The third-order valence-corrected chi connectivity index (χ3v) is 3.04. The highest BCUT2D eigenvalue weighted by atomic mass is 16.5. The summed E-state index contributed by atoms with van der Waals surface area (Å²) < 4.78 is 5.58. The third-order valence-electron chi connectivity index (χ3n) is 3.04. The van der Waals surface area contributed by atoms with Crippen LogP contribution in [0.5, 0.6) is 5.75 Å². The van der Waals surface area contributed by atoms with Gasteiger partial charge in [0, 0.05) is 24.6 Å². The molecule has 2 N–H and O–H groups in total. The van der Waals surface area contributed by atoms with Gasteiger partial charge in [-0.15, -0.1) is 0 Å². The molecule has 0 saturated carbocycles. The van der Waals surface area contributed by atoms with Crippen molar-refractivity contribution >= 4 is 5.91 Å². The van der Waals surface area contributed by atoms with E-state index in [2.05, 4.69) is 16.7 Å². The van der Waals surface area contributed by atoms with Crippen molar-refractivity contribution in [2.24, 2.45) is 0 Å². The van der Waals surface area contributed by atoms with Crippen LogP contribution in [0.2, 0.25) is 0 Å². The topological polar surface area (TPSA) is 50.4 Å². The number of carbonyl (C=O) groups excluding carboxylic acids is 1. The highest BCUT2D eigenvalue weighted by molar-refractivity contribution is 5.78. The zero-order valence-corrected chi connectivity index (χ0v) is 10.7. The highest BCUT2D eigenvalue weighted by Crippen LogP contribution is 2.31. The van der Waals surface area contributed by atoms with Crippen LogP contribution in [0.1, 0.15) is 31.4 Å². The van der Waals surface area contributed by atoms with E-state index in [1.54, 1.807) is 0 Å². The number of para-hydroxylation sites is 1. The normalized spacial score (nSPS) is 17.7. The van der Waals surface area contributed by atoms with Gasteiger partial charge in [-0.1, -0.05) is 25.1 Å². The van der Waals surface area contributed by atoms with Crippen LogP contribution < -0.4 is 15.4 Å². The maximum atomic E-state index is 11.6. The van der Waals surface area contributed by atoms with E-state index in [4.69, 9.17) is 4.74 Å². The van der Waals surface area contributed by atoms with E-state index < -0.39 is 0 Å². The largest absolute Gasteiger partial charge is 0.493 e. The molecule has 0 spiro atoms. The van der Waals surface area contributed by atoms with Gasteiger partial charge in [0.25, 0.3) is 0 Å². The Morgan fingerprint density at radius 3 is 3.11 bits per heavy atom. The van der Waals surface area contributed by atoms with Crippen molar-refractivity contribution in [1.82, 2.24) is 10.6 Å². The molecule has 1 aliphatic rings. The molecule has 4 heteroatoms. The minimum Gasteiger partial charge on any atom is -0.493 e. The molecule has 1 amide bonds. The molecule has 1 aliphatic heterocycles. The number of hydrogen-bond donors (Lipinski definition) is 2. The molecule has 4 nitrogen and oxygen atoms in total. The first-order valence-electron chi connectivity index (χ1n) is 6.53. The number of rotatable bonds is 5. The first kappa shape index (κ1) is 12.9. The van der Waals surface area contributed by atoms with Crippen LogP contribution in [-0.2, 0) is 4.79 Å². The summed E-state index contributed by atoms with van der Waals surface area (Å²) in [5, 5.41) is 6.16. The van der Waals surface area contributed by atoms with Crippen molar-refractivity contribution in [1.29, 1.82) is 0 Å². The Labute approximate surface area is 108 Å². The van der Waals surface area contributed by atoms with Crippen molar-refractivity contribution in [2.45, 2.75) is 25.8 Å². The first-order chi connectivity index (χ1) is 8.81. The predicted octanol–water partition coefficient (Wildman–Crippen LogP) is 1.63. The summed E-state index contributed by atoms with van der Waals surface area (Å²) in [7, 11) is 0. The molecule has 0 radical (unpaired) electrons. The second-order valence-electron chi connectivity index (χ2n) is 4.46. The lowest BCUT2D eigenvalue weighted by atomic mass is 10.0. The van der Waals surface area contributed by atoms with Crippen LogP contribution in [0, 0.1) is 0 Å². The predicted molar refractivity (Wildman–Crippen MR) is 70.6 cm³/mol. The second-order valence-corrected chi connectivity index (χ2v) is 4.46. The monoisotopic (exact) mass is 248 g/mol. The van der Waals surface area contributed by atoms with Gasteiger partial charge in [0.1, 0.15) is 5.75 Å². The van der Waals surface area contributed by atoms with Crippen molar-refractivity contribution in [3.8, 4) is 5.75 Å². The molecular weight excluding hydrogens is 228 g/mol. The van der Waals surface area contributed by atoms with Gasteiger partial charge in [-0.3, -0.25) is 4.79 Å². The SMILES string of the molecule is CCCNC(=O)CNC1CCOc2ccccc21. The Hall–Kier alpha value is -1.55. The summed E-state index contributed by atoms with van der Waals surface area (Å²) in [6.07, 6.45) is 1.86. The summed E-state index contributed by atoms with van der Waals surface area (Å²) in [4.78, 5) is 11.6. The fraction of sp³-hybridized carbons (Fsp3) is 0.500. The molecule has 0 fully saturated rings. The summed E-state index contributed by atoms with van der Waals surface area (Å²) >= 11 is 0. The Morgan fingerprint density at radius 2 is 2.28 bits per heavy atom. The molecule has 1 atom stereocenters. The molecule has 1 unspecified atom stereocenters. The molecule has 1 aromatic carbocycles. The summed E-state index contributed by atoms with van der Waals surface area (Å²) in [5.74, 6) is 0.982. The van der Waals surface area contributed by atoms with E-state index in [1.165, 1.54) is 0 Å². The second kappa shape index (κ2) is 6.40. The number of ether oxygens (including phenoxy) is 1. The molecular formula is C14H20N2O2. The Balaban J connectivity index is 1.89. The Bertz CT molecular complexity index is 407. The first-order valence-corrected chi connectivity index (χ1v) is 6.53. The molecule has 0 aromatic heterocycles. The number of nitrogens with one attached hydrogen (secondary N) is 2. The standard InChI is InChI=1S/C14H20N2O2/c1-2-8-15-14(17)10-16-12-7-9-18-13-6-4-3-5-11(12)13/h3-6,12,16H,2,7-10H2,1H3,(H,15,17). The molecule has 18 heavy (non-hydrogen) atoms. The maximum absolute atomic E-state index is 11.6. The number of amides is 1. The highest BCUT2D eigenvalue weighted by Gasteiger charge is 2.20. The van der Waals surface area contributed by atoms with Gasteiger partial charge < -0.3 is 15.4 Å². The zero-order valence-electron chi connectivity index (χ0n) is 10.7. The average Bonchev–Trinajstić information content (AvgIpc) is 2.42. The lowest BCUT2D eigenvalue weighted by Gasteiger charge is -2.26. The van der Waals surface area contributed by atoms with Gasteiger partial charge in [0.2, 0.25) is 5.91 Å². The third kappa shape index (κ3) is 3.23. The summed E-state index contributed by atoms with van der Waals surface area (Å²) in [6, 6.07) is 8.20. The van der Waals surface area contributed by atoms with Crippen LogP contribution >= 0.6 is 0 Å². The van der Waals surface area contributed by atoms with E-state index in [9.17, 15) is 4.79 Å². The van der Waals surface area contributed by atoms with Crippen LogP contribution in [0.25, 0.3) is 0 Å². The van der Waals surface area contributed by atoms with E-state index in [-0.39, 0.29) is 11.9 Å². The van der Waals surface area contributed by atoms with Gasteiger partial charge in [0.05, 0.1) is 13.2 Å². The Morgan fingerprint density at radius 1 is 1.44 bits per heavy atom. The fourth-order valence-corrected chi connectivity index (χ4v) is 2.10. The van der Waals surface area contributed by atoms with Crippen molar-refractivity contribution in [3.63, 3.8) is 0 Å². The molecule has 1 heterocycles. The number of benzene rings is 1. The van der Waals surface area contributed by atoms with Gasteiger partial charge >= 0.3 is 0 Å². The molecule has 2 rings (SSSR count). The van der Waals surface area contributed by atoms with E-state index in [0.29, 0.717) is 13.2 Å². The van der Waals surface area contributed by atoms with Crippen LogP contribution in [0.15, 0.2) is 24.3 Å². The molecule has 0 aliphatic carbocycles. The van der Waals surface area contributed by atoms with Gasteiger partial charge in [-0.2, -0.15) is 0 Å². The number of carbonyl (C=O) groups is 1. The van der Waals surface area contributed by atoms with E-state index in [1.807, 2.05) is 25.1 Å². The minimum absolute atomic E-state index is 0.0563. The van der Waals surface area contributed by atoms with Crippen molar-refractivity contribution < 1.29 is 9.53 Å². The lowest BCUT2D eigenvalue weighted by molar-refractivity contribution is -0.120. The van der Waals surface area contributed by atoms with E-state index in [0.717, 1.165) is 30.7 Å². The van der Waals surface area contributed by atoms with Gasteiger partial charge in [-0.05, 0) is 12.5 Å². The molecule has 1 aromatic rings. The lowest BCUT2D eigenvalue weighted by Crippen LogP contribution is -2.37. The number of fused-ring (bicyclic) bond motifs is 1. The molecule has 98 valence electrons. The zero-order chi connectivity index (χ0) is 12.8. The summed E-state index contributed by atoms with van der Waals surface area (Å²) in [6.45, 7) is 3.84. The van der Waals surface area contributed by atoms with Crippen molar-refractivity contribution in [3.05, 3.63) is 29.8 Å². The maximum Gasteiger partial charge on any atom is 0.233 e. The summed E-state index contributed by atoms with van der Waals surface area (Å²) in [5.41, 5.74) is 1.15. The molecule has 0 bridgehead atoms. The van der Waals surface area contributed by atoms with Gasteiger partial charge in [0.15, 0.2) is 0 Å². The average molecular weight is 248 g/mol. The molecule has 0 saturated heterocycles. The fourth-order valence-electron chi connectivity index (χ4n) is 2.10. The Kier molecular flexibility index (Phi) is 4.59. The smallest absolute Gasteiger partial charge is 0.233 e. The minimum atomic E-state index is 0.0563. The van der Waals surface area contributed by atoms with Crippen molar-refractivity contribution in [2.75, 3.05) is 19.7 Å². The van der Waals surface area contributed by atoms with Crippen LogP contribution in [-0.4, -0.2) is 25.6 Å². The van der Waals surface area contributed by atoms with Crippen LogP contribution in [0.4, 0.5) is 0 Å². The van der Waals surface area contributed by atoms with Crippen LogP contribution in [0.3, 0.4) is 0 Å². The number of hydrogen-bond acceptors (Lipinski definition) is 3.